The summed E-state index contributed by atoms with van der Waals surface area (Å²) in [5, 5.41) is 1.22. The maximum absolute atomic E-state index is 5.82. The molecule has 3 heteroatoms. The van der Waals surface area contributed by atoms with Crippen molar-refractivity contribution in [1.29, 1.82) is 0 Å². The van der Waals surface area contributed by atoms with Gasteiger partial charge in [-0.05, 0) is 44.0 Å². The first kappa shape index (κ1) is 15.3. The molecule has 0 atom stereocenters. The van der Waals surface area contributed by atoms with E-state index in [9.17, 15) is 0 Å². The van der Waals surface area contributed by atoms with E-state index in [-0.39, 0.29) is 0 Å². The number of ether oxygens (including phenoxy) is 1. The van der Waals surface area contributed by atoms with Crippen molar-refractivity contribution in [2.45, 2.75) is 45.6 Å². The molecule has 0 amide bonds. The molecule has 1 aliphatic rings. The van der Waals surface area contributed by atoms with Gasteiger partial charge in [-0.15, -0.1) is 0 Å². The fraction of sp³-hybridized carbons (Fsp3) is 0.526. The summed E-state index contributed by atoms with van der Waals surface area (Å²) in [7, 11) is 1.79. The number of benzene rings is 1. The minimum absolute atomic E-state index is 0.397. The van der Waals surface area contributed by atoms with E-state index in [0.717, 1.165) is 17.8 Å². The standard InChI is InChI=1S/C19H26N2O/c1-14(2)17-18-15(8-7-9-20-18)12-16(19(17)22-3)13-21-10-5-4-6-11-21/h7-9,12,14H,4-6,10-11,13H2,1-3H3. The average Bonchev–Trinajstić information content (AvgIpc) is 2.54. The SMILES string of the molecule is COc1c(CN2CCCCC2)cc2cccnc2c1C(C)C. The zero-order valence-electron chi connectivity index (χ0n) is 13.9. The number of piperidine rings is 1. The highest BCUT2D eigenvalue weighted by molar-refractivity contribution is 5.86. The lowest BCUT2D eigenvalue weighted by Crippen LogP contribution is -2.29. The molecule has 1 aliphatic heterocycles. The largest absolute Gasteiger partial charge is 0.496 e. The maximum Gasteiger partial charge on any atom is 0.129 e. The van der Waals surface area contributed by atoms with E-state index < -0.39 is 0 Å². The van der Waals surface area contributed by atoms with E-state index in [1.165, 1.54) is 48.9 Å². The highest BCUT2D eigenvalue weighted by atomic mass is 16.5. The Kier molecular flexibility index (Phi) is 4.63. The van der Waals surface area contributed by atoms with Crippen LogP contribution in [-0.4, -0.2) is 30.1 Å². The lowest BCUT2D eigenvalue weighted by atomic mass is 9.94. The Labute approximate surface area is 133 Å². The molecular formula is C19H26N2O. The zero-order chi connectivity index (χ0) is 15.5. The predicted octanol–water partition coefficient (Wildman–Crippen LogP) is 4.35. The smallest absolute Gasteiger partial charge is 0.129 e. The van der Waals surface area contributed by atoms with Crippen molar-refractivity contribution in [1.82, 2.24) is 9.88 Å². The van der Waals surface area contributed by atoms with Crippen LogP contribution in [0.5, 0.6) is 5.75 Å². The van der Waals surface area contributed by atoms with E-state index in [0.29, 0.717) is 5.92 Å². The van der Waals surface area contributed by atoms with Gasteiger partial charge >= 0.3 is 0 Å². The Hall–Kier alpha value is -1.61. The number of aromatic nitrogens is 1. The molecular weight excluding hydrogens is 272 g/mol. The van der Waals surface area contributed by atoms with Crippen LogP contribution in [0.3, 0.4) is 0 Å². The number of hydrogen-bond acceptors (Lipinski definition) is 3. The fourth-order valence-corrected chi connectivity index (χ4v) is 3.55. The summed E-state index contributed by atoms with van der Waals surface area (Å²) in [6, 6.07) is 6.44. The van der Waals surface area contributed by atoms with Gasteiger partial charge in [-0.1, -0.05) is 26.3 Å². The van der Waals surface area contributed by atoms with Crippen molar-refractivity contribution in [3.05, 3.63) is 35.5 Å². The third-order valence-electron chi connectivity index (χ3n) is 4.58. The van der Waals surface area contributed by atoms with Gasteiger partial charge in [-0.3, -0.25) is 9.88 Å². The summed E-state index contributed by atoms with van der Waals surface area (Å²) in [5.74, 6) is 1.43. The number of methoxy groups -OCH3 is 1. The van der Waals surface area contributed by atoms with Crippen LogP contribution in [0.25, 0.3) is 10.9 Å². The number of likely N-dealkylation sites (tertiary alicyclic amines) is 1. The number of fused-ring (bicyclic) bond motifs is 1. The first-order valence-corrected chi connectivity index (χ1v) is 8.37. The highest BCUT2D eigenvalue weighted by Gasteiger charge is 2.20. The van der Waals surface area contributed by atoms with Crippen LogP contribution in [0.2, 0.25) is 0 Å². The Bertz CT molecular complexity index is 645. The molecule has 3 nitrogen and oxygen atoms in total. The normalized spacial score (nSPS) is 16.4. The van der Waals surface area contributed by atoms with Crippen LogP contribution < -0.4 is 4.74 Å². The second-order valence-electron chi connectivity index (χ2n) is 6.55. The zero-order valence-corrected chi connectivity index (χ0v) is 13.9. The quantitative estimate of drug-likeness (QED) is 0.839. The minimum Gasteiger partial charge on any atom is -0.496 e. The van der Waals surface area contributed by atoms with Gasteiger partial charge in [0.1, 0.15) is 5.75 Å². The third kappa shape index (κ3) is 2.95. The second-order valence-corrected chi connectivity index (χ2v) is 6.55. The van der Waals surface area contributed by atoms with E-state index in [4.69, 9.17) is 4.74 Å². The van der Waals surface area contributed by atoms with Crippen LogP contribution >= 0.6 is 0 Å². The maximum atomic E-state index is 5.82. The highest BCUT2D eigenvalue weighted by Crippen LogP contribution is 2.37. The molecule has 0 N–H and O–H groups in total. The van der Waals surface area contributed by atoms with Crippen molar-refractivity contribution in [3.8, 4) is 5.75 Å². The van der Waals surface area contributed by atoms with Crippen molar-refractivity contribution in [2.24, 2.45) is 0 Å². The van der Waals surface area contributed by atoms with Gasteiger partial charge in [0.25, 0.3) is 0 Å². The van der Waals surface area contributed by atoms with Crippen LogP contribution in [0.4, 0.5) is 0 Å². The number of nitrogens with zero attached hydrogens (tertiary/aromatic N) is 2. The lowest BCUT2D eigenvalue weighted by Gasteiger charge is -2.28. The van der Waals surface area contributed by atoms with E-state index >= 15 is 0 Å². The van der Waals surface area contributed by atoms with Gasteiger partial charge in [-0.25, -0.2) is 0 Å². The molecule has 118 valence electrons. The molecule has 2 aromatic rings. The molecule has 2 heterocycles. The monoisotopic (exact) mass is 298 g/mol. The van der Waals surface area contributed by atoms with Gasteiger partial charge in [0.15, 0.2) is 0 Å². The predicted molar refractivity (Wildman–Crippen MR) is 91.5 cm³/mol. The van der Waals surface area contributed by atoms with Gasteiger partial charge in [-0.2, -0.15) is 0 Å². The summed E-state index contributed by atoms with van der Waals surface area (Å²) in [6.45, 7) is 7.82. The van der Waals surface area contributed by atoms with Gasteiger partial charge in [0, 0.05) is 29.3 Å². The van der Waals surface area contributed by atoms with Crippen LogP contribution in [0, 0.1) is 0 Å². The van der Waals surface area contributed by atoms with Crippen molar-refractivity contribution >= 4 is 10.9 Å². The number of pyridine rings is 1. The Balaban J connectivity index is 2.07. The molecule has 1 saturated heterocycles. The summed E-state index contributed by atoms with van der Waals surface area (Å²) in [5.41, 5.74) is 3.62. The van der Waals surface area contributed by atoms with E-state index in [2.05, 4.69) is 35.9 Å². The molecule has 0 radical (unpaired) electrons. The first-order chi connectivity index (χ1) is 10.7. The molecule has 0 unspecified atom stereocenters. The fourth-order valence-electron chi connectivity index (χ4n) is 3.55. The minimum atomic E-state index is 0.397. The van der Waals surface area contributed by atoms with E-state index in [1.807, 2.05) is 12.3 Å². The molecule has 22 heavy (non-hydrogen) atoms. The summed E-state index contributed by atoms with van der Waals surface area (Å²) in [4.78, 5) is 7.15. The molecule has 0 aliphatic carbocycles. The molecule has 1 fully saturated rings. The van der Waals surface area contributed by atoms with Crippen molar-refractivity contribution in [2.75, 3.05) is 20.2 Å². The molecule has 0 saturated carbocycles. The van der Waals surface area contributed by atoms with Crippen molar-refractivity contribution < 1.29 is 4.74 Å². The topological polar surface area (TPSA) is 25.4 Å². The number of hydrogen-bond donors (Lipinski definition) is 0. The van der Waals surface area contributed by atoms with Gasteiger partial charge in [0.2, 0.25) is 0 Å². The molecule has 0 bridgehead atoms. The van der Waals surface area contributed by atoms with E-state index in [1.54, 1.807) is 7.11 Å². The van der Waals surface area contributed by atoms with Crippen molar-refractivity contribution in [3.63, 3.8) is 0 Å². The Morgan fingerprint density at radius 1 is 1.23 bits per heavy atom. The average molecular weight is 298 g/mol. The van der Waals surface area contributed by atoms with Gasteiger partial charge < -0.3 is 4.74 Å². The molecule has 1 aromatic carbocycles. The van der Waals surface area contributed by atoms with Crippen LogP contribution in [0.15, 0.2) is 24.4 Å². The lowest BCUT2D eigenvalue weighted by molar-refractivity contribution is 0.218. The summed E-state index contributed by atoms with van der Waals surface area (Å²) >= 11 is 0. The third-order valence-corrected chi connectivity index (χ3v) is 4.58. The summed E-state index contributed by atoms with van der Waals surface area (Å²) < 4.78 is 5.82. The number of rotatable bonds is 4. The summed E-state index contributed by atoms with van der Waals surface area (Å²) in [6.07, 6.45) is 5.87. The first-order valence-electron chi connectivity index (χ1n) is 8.37. The van der Waals surface area contributed by atoms with Gasteiger partial charge in [0.05, 0.1) is 12.6 Å². The van der Waals surface area contributed by atoms with Crippen LogP contribution in [-0.2, 0) is 6.54 Å². The van der Waals surface area contributed by atoms with Crippen LogP contribution in [0.1, 0.15) is 50.2 Å². The molecule has 3 rings (SSSR count). The Morgan fingerprint density at radius 3 is 2.68 bits per heavy atom. The second kappa shape index (κ2) is 6.66. The molecule has 1 aromatic heterocycles. The Morgan fingerprint density at radius 2 is 2.00 bits per heavy atom. The molecule has 0 spiro atoms.